The summed E-state index contributed by atoms with van der Waals surface area (Å²) in [5.74, 6) is -4.96. The second-order valence-corrected chi connectivity index (χ2v) is 14.2. The molecule has 0 radical (unpaired) electrons. The number of hydrogen-bond acceptors (Lipinski definition) is 15. The van der Waals surface area contributed by atoms with Crippen LogP contribution in [0.2, 0.25) is 0 Å². The van der Waals surface area contributed by atoms with Crippen LogP contribution in [0.25, 0.3) is 0 Å². The number of allylic oxidation sites excluding steroid dienone is 4. The Morgan fingerprint density at radius 3 is 2.28 bits per heavy atom. The molecule has 3 saturated carbocycles. The second kappa shape index (κ2) is 17.3. The summed E-state index contributed by atoms with van der Waals surface area (Å²) in [6.45, 7) is 3.68. The van der Waals surface area contributed by atoms with Crippen LogP contribution < -0.4 is 0 Å². The van der Waals surface area contributed by atoms with Crippen LogP contribution >= 0.6 is 0 Å². The number of ketones is 2. The number of Topliss-reactive ketones (excluding diaryl/α,β-unsaturated/α-hetero) is 1. The highest BCUT2D eigenvalue weighted by atomic mass is 19.1. The summed E-state index contributed by atoms with van der Waals surface area (Å²) >= 11 is 0. The van der Waals surface area contributed by atoms with E-state index in [1.54, 1.807) is 6.92 Å². The monoisotopic (exact) mass is 763 g/mol. The molecule has 10 atom stereocenters. The molecule has 4 rings (SSSR count). The molecule has 0 bridgehead atoms. The Kier molecular flexibility index (Phi) is 13.9. The predicted molar refractivity (Wildman–Crippen MR) is 171 cm³/mol. The fourth-order valence-corrected chi connectivity index (χ4v) is 8.84. The van der Waals surface area contributed by atoms with Crippen molar-refractivity contribution in [2.24, 2.45) is 34.5 Å². The largest absolute Gasteiger partial charge is 0.481 e. The first kappa shape index (κ1) is 42.6. The van der Waals surface area contributed by atoms with E-state index in [-0.39, 0.29) is 63.0 Å². The van der Waals surface area contributed by atoms with Crippen LogP contribution in [-0.2, 0) is 38.4 Å². The summed E-state index contributed by atoms with van der Waals surface area (Å²) in [7, 11) is 0. The first-order valence-electron chi connectivity index (χ1n) is 16.9. The van der Waals surface area contributed by atoms with Crippen molar-refractivity contribution < 1.29 is 72.7 Å². The number of alkyl halides is 2. The van der Waals surface area contributed by atoms with Gasteiger partial charge in [0.15, 0.2) is 17.2 Å². The van der Waals surface area contributed by atoms with Crippen molar-refractivity contribution in [3.8, 4) is 0 Å². The maximum Gasteiger partial charge on any atom is 0.306 e. The van der Waals surface area contributed by atoms with Gasteiger partial charge in [-0.2, -0.15) is 0 Å². The van der Waals surface area contributed by atoms with E-state index in [0.717, 1.165) is 6.08 Å². The first-order chi connectivity index (χ1) is 24.7. The third kappa shape index (κ3) is 9.60. The number of esters is 1. The van der Waals surface area contributed by atoms with Crippen molar-refractivity contribution in [2.45, 2.75) is 96.2 Å². The van der Waals surface area contributed by atoms with Gasteiger partial charge in [0.05, 0.1) is 12.7 Å². The summed E-state index contributed by atoms with van der Waals surface area (Å²) < 4.78 is 37.9. The Morgan fingerprint density at radius 2 is 1.68 bits per heavy atom. The Labute approximate surface area is 300 Å². The molecule has 0 aromatic rings. The highest BCUT2D eigenvalue weighted by Crippen LogP contribution is 2.70. The molecule has 2 N–H and O–H groups in total. The molecular weight excluding hydrogens is 720 g/mol. The van der Waals surface area contributed by atoms with Gasteiger partial charge >= 0.3 is 11.9 Å². The van der Waals surface area contributed by atoms with Gasteiger partial charge in [0, 0.05) is 30.1 Å². The molecule has 0 aromatic carbocycles. The minimum atomic E-state index is -2.26. The van der Waals surface area contributed by atoms with Gasteiger partial charge in [-0.05, 0) is 80.4 Å². The van der Waals surface area contributed by atoms with Crippen LogP contribution in [-0.4, -0.2) is 92.8 Å². The van der Waals surface area contributed by atoms with E-state index in [9.17, 15) is 54.6 Å². The van der Waals surface area contributed by atoms with E-state index >= 15 is 8.78 Å². The molecule has 4 aliphatic carbocycles. The summed E-state index contributed by atoms with van der Waals surface area (Å²) in [5, 5.41) is 46.6. The van der Waals surface area contributed by atoms with Gasteiger partial charge in [0.1, 0.15) is 25.5 Å². The lowest BCUT2D eigenvalue weighted by atomic mass is 9.45. The van der Waals surface area contributed by atoms with Crippen molar-refractivity contribution in [2.75, 3.05) is 19.8 Å². The summed E-state index contributed by atoms with van der Waals surface area (Å²) in [5.41, 5.74) is -4.66. The zero-order valence-corrected chi connectivity index (χ0v) is 29.3. The molecule has 3 fully saturated rings. The highest BCUT2D eigenvalue weighted by Gasteiger charge is 2.73. The Balaban J connectivity index is 0.000000661. The lowest BCUT2D eigenvalue weighted by Crippen LogP contribution is -2.68. The SMILES string of the molecule is C[C@@H]1CC2C3C[C@H](F)C4=CC(=O)C=CC4(C)[C@@]3(F)C(O)CC2(C)C1C(=O)COC(=O)CCCC(CO[N+](=O)[O-])O[N+](=O)[O-].O=C(O)CCCO[N+](=O)[O-]. The molecule has 7 unspecified atom stereocenters. The number of ether oxygens (including phenoxy) is 1. The predicted octanol–water partition coefficient (Wildman–Crippen LogP) is 3.29. The van der Waals surface area contributed by atoms with E-state index in [1.165, 1.54) is 19.1 Å². The van der Waals surface area contributed by atoms with Crippen molar-refractivity contribution in [3.63, 3.8) is 0 Å². The van der Waals surface area contributed by atoms with Crippen LogP contribution in [0.4, 0.5) is 8.78 Å². The highest BCUT2D eigenvalue weighted by molar-refractivity contribution is 6.01. The third-order valence-corrected chi connectivity index (χ3v) is 10.9. The fourth-order valence-electron chi connectivity index (χ4n) is 8.84. The van der Waals surface area contributed by atoms with Gasteiger partial charge in [-0.1, -0.05) is 19.9 Å². The number of rotatable bonds is 17. The van der Waals surface area contributed by atoms with Crippen molar-refractivity contribution >= 4 is 23.5 Å². The minimum Gasteiger partial charge on any atom is -0.481 e. The number of fused-ring (bicyclic) bond motifs is 5. The number of aliphatic hydroxyl groups excluding tert-OH is 1. The van der Waals surface area contributed by atoms with E-state index in [2.05, 4.69) is 14.5 Å². The van der Waals surface area contributed by atoms with Gasteiger partial charge < -0.3 is 29.5 Å². The van der Waals surface area contributed by atoms with Gasteiger partial charge in [0.2, 0.25) is 0 Å². The number of nitrogens with zero attached hydrogens (tertiary/aromatic N) is 3. The average Bonchev–Trinajstić information content (AvgIpc) is 3.32. The molecule has 0 aliphatic heterocycles. The Hall–Kier alpha value is -4.82. The third-order valence-electron chi connectivity index (χ3n) is 10.9. The maximum absolute atomic E-state index is 17.2. The number of carboxylic acid groups (broad SMARTS) is 1. The molecule has 19 nitrogen and oxygen atoms in total. The molecule has 296 valence electrons. The molecule has 21 heteroatoms. The number of carboxylic acids is 1. The molecule has 0 saturated heterocycles. The summed E-state index contributed by atoms with van der Waals surface area (Å²) in [6.07, 6.45) is -0.967. The van der Waals surface area contributed by atoms with Crippen molar-refractivity contribution in [1.29, 1.82) is 0 Å². The number of halogens is 2. The lowest BCUT2D eigenvalue weighted by Gasteiger charge is -2.62. The number of aliphatic carboxylic acids is 1. The average molecular weight is 764 g/mol. The van der Waals surface area contributed by atoms with Crippen molar-refractivity contribution in [1.82, 2.24) is 0 Å². The second-order valence-electron chi connectivity index (χ2n) is 14.2. The van der Waals surface area contributed by atoms with E-state index in [4.69, 9.17) is 9.84 Å². The molecule has 0 aromatic heterocycles. The molecular formula is C32H43F2N3O16. The lowest BCUT2D eigenvalue weighted by molar-refractivity contribution is -0.790. The van der Waals surface area contributed by atoms with Gasteiger partial charge in [0.25, 0.3) is 15.3 Å². The van der Waals surface area contributed by atoms with E-state index < -0.39 is 105 Å². The van der Waals surface area contributed by atoms with Gasteiger partial charge in [-0.3, -0.25) is 19.2 Å². The molecule has 0 spiro atoms. The van der Waals surface area contributed by atoms with Gasteiger partial charge in [-0.25, -0.2) is 8.78 Å². The van der Waals surface area contributed by atoms with Crippen molar-refractivity contribution in [3.05, 3.63) is 54.1 Å². The van der Waals surface area contributed by atoms with Gasteiger partial charge in [-0.15, -0.1) is 30.3 Å². The fraction of sp³-hybridized carbons (Fsp3) is 0.750. The quantitative estimate of drug-likeness (QED) is 0.0930. The van der Waals surface area contributed by atoms with Crippen LogP contribution in [0, 0.1) is 64.8 Å². The molecule has 4 aliphatic rings. The van der Waals surface area contributed by atoms with E-state index in [1.807, 2.05) is 6.92 Å². The summed E-state index contributed by atoms with van der Waals surface area (Å²) in [6, 6.07) is 0. The Morgan fingerprint density at radius 1 is 1.02 bits per heavy atom. The summed E-state index contributed by atoms with van der Waals surface area (Å²) in [4.78, 5) is 90.3. The number of carbonyl (C=O) groups is 4. The van der Waals surface area contributed by atoms with Crippen LogP contribution in [0.5, 0.6) is 0 Å². The van der Waals surface area contributed by atoms with Crippen LogP contribution in [0.3, 0.4) is 0 Å². The van der Waals surface area contributed by atoms with E-state index in [0.29, 0.717) is 6.42 Å². The Bertz CT molecular complexity index is 1490. The number of hydrogen-bond donors (Lipinski definition) is 2. The van der Waals surface area contributed by atoms with Crippen LogP contribution in [0.1, 0.15) is 72.1 Å². The molecule has 53 heavy (non-hydrogen) atoms. The topological polar surface area (TPSA) is 275 Å². The normalized spacial score (nSPS) is 32.9. The minimum absolute atomic E-state index is 0.00166. The maximum atomic E-state index is 17.2. The standard InChI is InChI=1S/C28H36F2N2O11.C4H7NO5/c1-15-9-18-19-11-21(29)20-10-16(33)7-8-27(20,3)28(19,30)23(35)12-26(18,2)25(15)22(34)14-41-24(36)6-4-5-17(43-32(39)40)13-42-31(37)38;6-4(7)2-1-3-10-5(8)9/h7-8,10,15,17-19,21,23,25,35H,4-6,9,11-14H2,1-3H3;1-3H2,(H,6,7)/t15-,17?,18?,19?,21+,23?,25?,26?,27?,28+;/m1./s1. The number of carbonyl (C=O) groups excluding carboxylic acids is 3. The molecule has 0 amide bonds. The number of aliphatic hydroxyl groups is 1. The zero-order valence-electron chi connectivity index (χ0n) is 29.3. The zero-order chi connectivity index (χ0) is 39.9. The van der Waals surface area contributed by atoms with Crippen LogP contribution in [0.15, 0.2) is 23.8 Å². The smallest absolute Gasteiger partial charge is 0.306 e. The first-order valence-corrected chi connectivity index (χ1v) is 16.9. The molecule has 0 heterocycles.